The number of amides is 1. The molecule has 1 aliphatic heterocycles. The summed E-state index contributed by atoms with van der Waals surface area (Å²) in [5.41, 5.74) is 0.842. The van der Waals surface area contributed by atoms with Crippen LogP contribution in [0.1, 0.15) is 49.3 Å². The zero-order valence-electron chi connectivity index (χ0n) is 13.4. The summed E-state index contributed by atoms with van der Waals surface area (Å²) >= 11 is 0. The van der Waals surface area contributed by atoms with Crippen LogP contribution in [0.5, 0.6) is 0 Å². The van der Waals surface area contributed by atoms with Crippen molar-refractivity contribution in [2.24, 2.45) is 11.8 Å². The van der Waals surface area contributed by atoms with E-state index >= 15 is 0 Å². The normalized spacial score (nSPS) is 27.0. The molecule has 0 spiro atoms. The van der Waals surface area contributed by atoms with Gasteiger partial charge in [-0.15, -0.1) is 0 Å². The second kappa shape index (κ2) is 7.29. The Morgan fingerprint density at radius 2 is 2.04 bits per heavy atom. The second-order valence-corrected chi connectivity index (χ2v) is 6.59. The fourth-order valence-electron chi connectivity index (χ4n) is 3.63. The van der Waals surface area contributed by atoms with Crippen LogP contribution in [0.25, 0.3) is 0 Å². The Balaban J connectivity index is 1.75. The maximum atomic E-state index is 13.7. The fraction of sp³-hybridized carbons (Fsp3) is 0.556. The summed E-state index contributed by atoms with van der Waals surface area (Å²) in [6.07, 6.45) is 3.74. The van der Waals surface area contributed by atoms with E-state index in [-0.39, 0.29) is 36.0 Å². The molecule has 3 rings (SSSR count). The lowest BCUT2D eigenvalue weighted by Gasteiger charge is -2.31. The van der Waals surface area contributed by atoms with Gasteiger partial charge in [0.15, 0.2) is 0 Å². The van der Waals surface area contributed by atoms with E-state index in [0.717, 1.165) is 25.7 Å². The highest BCUT2D eigenvalue weighted by Gasteiger charge is 2.37. The van der Waals surface area contributed by atoms with Crippen molar-refractivity contribution in [2.45, 2.75) is 38.1 Å². The third-order valence-electron chi connectivity index (χ3n) is 5.01. The molecule has 1 amide bonds. The van der Waals surface area contributed by atoms with Crippen molar-refractivity contribution in [1.29, 1.82) is 5.26 Å². The van der Waals surface area contributed by atoms with E-state index in [1.54, 1.807) is 6.07 Å². The van der Waals surface area contributed by atoms with Gasteiger partial charge in [-0.1, -0.05) is 0 Å². The molecule has 1 heterocycles. The van der Waals surface area contributed by atoms with Crippen LogP contribution in [0.4, 0.5) is 4.39 Å². The molecule has 0 aromatic heterocycles. The minimum absolute atomic E-state index is 0.0725. The maximum Gasteiger partial charge on any atom is 0.249 e. The van der Waals surface area contributed by atoms with Gasteiger partial charge in [0.1, 0.15) is 5.82 Å². The van der Waals surface area contributed by atoms with Crippen LogP contribution in [0.2, 0.25) is 0 Å². The van der Waals surface area contributed by atoms with Gasteiger partial charge in [-0.2, -0.15) is 5.26 Å². The van der Waals surface area contributed by atoms with Gasteiger partial charge in [0, 0.05) is 18.9 Å². The lowest BCUT2D eigenvalue weighted by atomic mass is 9.81. The summed E-state index contributed by atoms with van der Waals surface area (Å²) in [4.78, 5) is 18.3. The molecule has 1 saturated heterocycles. The number of halogens is 1. The van der Waals surface area contributed by atoms with Crippen LogP contribution in [0.15, 0.2) is 18.2 Å². The Morgan fingerprint density at radius 3 is 2.71 bits per heavy atom. The monoisotopic (exact) mass is 332 g/mol. The second-order valence-electron chi connectivity index (χ2n) is 6.59. The van der Waals surface area contributed by atoms with Gasteiger partial charge >= 0.3 is 0 Å². The lowest BCUT2D eigenvalue weighted by Crippen LogP contribution is -2.37. The van der Waals surface area contributed by atoms with Crippen LogP contribution in [0, 0.1) is 29.0 Å². The maximum absolute atomic E-state index is 13.7. The highest BCUT2D eigenvalue weighted by Crippen LogP contribution is 2.36. The molecular formula is C18H21FN2O3. The Kier molecular flexibility index (Phi) is 5.12. The van der Waals surface area contributed by atoms with Gasteiger partial charge < -0.3 is 5.11 Å². The number of hydrogen-bond donors (Lipinski definition) is 1. The van der Waals surface area contributed by atoms with Crippen LogP contribution in [-0.4, -0.2) is 29.3 Å². The summed E-state index contributed by atoms with van der Waals surface area (Å²) in [5.74, 6) is -0.383. The standard InChI is InChI=1S/C18H21FN2O3/c19-16-8-13(10-20)7-15(9-16)17-5-6-24-21(17)18(23)14-3-1-12(11-22)2-4-14/h7-9,12,14,17,22H,1-6,11H2/t12?,14?,17-/m0/s1. The molecule has 1 aliphatic carbocycles. The first kappa shape index (κ1) is 16.9. The average Bonchev–Trinajstić information content (AvgIpc) is 3.10. The molecule has 0 bridgehead atoms. The van der Waals surface area contributed by atoms with E-state index in [1.165, 1.54) is 17.2 Å². The zero-order valence-corrected chi connectivity index (χ0v) is 13.4. The van der Waals surface area contributed by atoms with E-state index in [1.807, 2.05) is 6.07 Å². The number of benzene rings is 1. The van der Waals surface area contributed by atoms with Crippen molar-refractivity contribution >= 4 is 5.91 Å². The van der Waals surface area contributed by atoms with Gasteiger partial charge in [-0.25, -0.2) is 9.45 Å². The minimum atomic E-state index is -0.480. The van der Waals surface area contributed by atoms with Gasteiger partial charge in [0.25, 0.3) is 0 Å². The number of aliphatic hydroxyl groups is 1. The van der Waals surface area contributed by atoms with E-state index < -0.39 is 5.82 Å². The number of hydrogen-bond acceptors (Lipinski definition) is 4. The van der Waals surface area contributed by atoms with E-state index in [2.05, 4.69) is 0 Å². The van der Waals surface area contributed by atoms with Gasteiger partial charge in [0.2, 0.25) is 5.91 Å². The van der Waals surface area contributed by atoms with E-state index in [4.69, 9.17) is 10.1 Å². The molecule has 2 fully saturated rings. The fourth-order valence-corrected chi connectivity index (χ4v) is 3.63. The van der Waals surface area contributed by atoms with Crippen molar-refractivity contribution in [2.75, 3.05) is 13.2 Å². The first-order valence-corrected chi connectivity index (χ1v) is 8.39. The van der Waals surface area contributed by atoms with Crippen LogP contribution in [-0.2, 0) is 9.63 Å². The molecule has 1 N–H and O–H groups in total. The zero-order chi connectivity index (χ0) is 17.1. The topological polar surface area (TPSA) is 73.6 Å². The summed E-state index contributed by atoms with van der Waals surface area (Å²) in [6, 6.07) is 5.75. The third-order valence-corrected chi connectivity index (χ3v) is 5.01. The number of nitriles is 1. The van der Waals surface area contributed by atoms with Gasteiger partial charge in [-0.05, 0) is 55.4 Å². The average molecular weight is 332 g/mol. The molecule has 2 aliphatic rings. The van der Waals surface area contributed by atoms with Gasteiger partial charge in [-0.3, -0.25) is 9.63 Å². The smallest absolute Gasteiger partial charge is 0.249 e. The third kappa shape index (κ3) is 3.42. The number of carbonyl (C=O) groups is 1. The summed E-state index contributed by atoms with van der Waals surface area (Å²) in [6.45, 7) is 0.574. The first-order valence-electron chi connectivity index (χ1n) is 8.39. The van der Waals surface area contributed by atoms with E-state index in [0.29, 0.717) is 18.6 Å². The van der Waals surface area contributed by atoms with Gasteiger partial charge in [0.05, 0.1) is 24.3 Å². The number of aliphatic hydroxyl groups excluding tert-OH is 1. The summed E-state index contributed by atoms with van der Waals surface area (Å²) in [5, 5.41) is 19.6. The largest absolute Gasteiger partial charge is 0.396 e. The number of nitrogens with zero attached hydrogens (tertiary/aromatic N) is 2. The summed E-state index contributed by atoms with van der Waals surface area (Å²) in [7, 11) is 0. The van der Waals surface area contributed by atoms with Crippen molar-refractivity contribution in [1.82, 2.24) is 5.06 Å². The Morgan fingerprint density at radius 1 is 1.29 bits per heavy atom. The molecule has 0 radical (unpaired) electrons. The molecule has 6 heteroatoms. The number of carbonyl (C=O) groups excluding carboxylic acids is 1. The SMILES string of the molecule is N#Cc1cc(F)cc([C@@H]2CCON2C(=O)C2CCC(CO)CC2)c1. The van der Waals surface area contributed by atoms with Crippen LogP contribution in [0.3, 0.4) is 0 Å². The predicted molar refractivity (Wildman–Crippen MR) is 83.8 cm³/mol. The Labute approximate surface area is 140 Å². The van der Waals surface area contributed by atoms with Crippen LogP contribution >= 0.6 is 0 Å². The first-order chi connectivity index (χ1) is 11.6. The molecular weight excluding hydrogens is 311 g/mol. The molecule has 1 saturated carbocycles. The molecule has 1 aromatic rings. The van der Waals surface area contributed by atoms with Crippen molar-refractivity contribution in [3.8, 4) is 6.07 Å². The molecule has 128 valence electrons. The molecule has 5 nitrogen and oxygen atoms in total. The number of hydroxylamine groups is 2. The van der Waals surface area contributed by atoms with Crippen molar-refractivity contribution in [3.05, 3.63) is 35.1 Å². The summed E-state index contributed by atoms with van der Waals surface area (Å²) < 4.78 is 13.7. The molecule has 24 heavy (non-hydrogen) atoms. The minimum Gasteiger partial charge on any atom is -0.396 e. The quantitative estimate of drug-likeness (QED) is 0.923. The lowest BCUT2D eigenvalue weighted by molar-refractivity contribution is -0.183. The van der Waals surface area contributed by atoms with Crippen LogP contribution < -0.4 is 0 Å². The Hall–Kier alpha value is -1.97. The van der Waals surface area contributed by atoms with Crippen molar-refractivity contribution in [3.63, 3.8) is 0 Å². The highest BCUT2D eigenvalue weighted by atomic mass is 19.1. The molecule has 1 atom stereocenters. The molecule has 0 unspecified atom stereocenters. The number of rotatable bonds is 3. The Bertz CT molecular complexity index is 650. The van der Waals surface area contributed by atoms with Crippen molar-refractivity contribution < 1.29 is 19.1 Å². The molecule has 1 aromatic carbocycles. The predicted octanol–water partition coefficient (Wildman–Crippen LogP) is 2.70. The highest BCUT2D eigenvalue weighted by molar-refractivity contribution is 5.78. The van der Waals surface area contributed by atoms with E-state index in [9.17, 15) is 14.3 Å².